The Morgan fingerprint density at radius 3 is 2.10 bits per heavy atom. The molecule has 0 amide bonds. The lowest BCUT2D eigenvalue weighted by molar-refractivity contribution is 0.358. The van der Waals surface area contributed by atoms with Gasteiger partial charge in [0.25, 0.3) is 0 Å². The van der Waals surface area contributed by atoms with Gasteiger partial charge in [0, 0.05) is 0 Å². The van der Waals surface area contributed by atoms with Crippen LogP contribution in [0.2, 0.25) is 0 Å². The van der Waals surface area contributed by atoms with E-state index in [2.05, 4.69) is 0 Å². The Morgan fingerprint density at radius 2 is 1.48 bits per heavy atom. The fourth-order valence-electron chi connectivity index (χ4n) is 2.28. The zero-order valence-corrected chi connectivity index (χ0v) is 11.1. The van der Waals surface area contributed by atoms with Crippen molar-refractivity contribution >= 4 is 0 Å². The molecule has 6 heteroatoms. The number of methoxy groups -OCH3 is 1. The van der Waals surface area contributed by atoms with Crippen molar-refractivity contribution in [2.75, 3.05) is 7.11 Å². The molecule has 0 bridgehead atoms. The average Bonchev–Trinajstić information content (AvgIpc) is 3.25. The third-order valence-electron chi connectivity index (χ3n) is 3.44. The summed E-state index contributed by atoms with van der Waals surface area (Å²) in [7, 11) is 1.46. The molecule has 2 aromatic rings. The third-order valence-corrected chi connectivity index (χ3v) is 3.44. The maximum atomic E-state index is 9.56. The van der Waals surface area contributed by atoms with Crippen molar-refractivity contribution < 1.29 is 29.9 Å². The number of epoxide rings is 1. The quantitative estimate of drug-likeness (QED) is 0.511. The van der Waals surface area contributed by atoms with Gasteiger partial charge < -0.3 is 29.9 Å². The minimum Gasteiger partial charge on any atom is -0.504 e. The molecule has 2 atom stereocenters. The molecule has 1 aliphatic rings. The number of benzene rings is 2. The van der Waals surface area contributed by atoms with E-state index in [9.17, 15) is 20.4 Å². The molecule has 0 aliphatic carbocycles. The molecule has 3 rings (SSSR count). The van der Waals surface area contributed by atoms with Crippen LogP contribution in [0.5, 0.6) is 28.7 Å². The summed E-state index contributed by atoms with van der Waals surface area (Å²) in [5.41, 5.74) is 1.36. The monoisotopic (exact) mass is 290 g/mol. The Balaban J connectivity index is 1.86. The summed E-state index contributed by atoms with van der Waals surface area (Å²) in [5, 5.41) is 37.9. The molecule has 1 aliphatic heterocycles. The van der Waals surface area contributed by atoms with Crippen LogP contribution in [0.25, 0.3) is 0 Å². The first-order chi connectivity index (χ1) is 10.0. The van der Waals surface area contributed by atoms with E-state index in [1.165, 1.54) is 25.3 Å². The summed E-state index contributed by atoms with van der Waals surface area (Å²) in [5.74, 6) is -0.969. The highest BCUT2D eigenvalue weighted by Crippen LogP contribution is 2.54. The van der Waals surface area contributed by atoms with Crippen LogP contribution in [0, 0.1) is 0 Å². The van der Waals surface area contributed by atoms with Crippen molar-refractivity contribution in [3.8, 4) is 28.7 Å². The molecule has 1 saturated heterocycles. The Labute approximate surface area is 120 Å². The van der Waals surface area contributed by atoms with Crippen molar-refractivity contribution in [1.29, 1.82) is 0 Å². The number of aromatic hydroxyl groups is 4. The SMILES string of the molecule is COc1cc(C2OC2c2cc(O)c(O)c(O)c2)ccc1O. The van der Waals surface area contributed by atoms with Crippen molar-refractivity contribution in [2.45, 2.75) is 12.2 Å². The summed E-state index contributed by atoms with van der Waals surface area (Å²) in [4.78, 5) is 0. The van der Waals surface area contributed by atoms with E-state index in [1.54, 1.807) is 12.1 Å². The predicted octanol–water partition coefficient (Wildman–Crippen LogP) is 2.33. The van der Waals surface area contributed by atoms with Crippen molar-refractivity contribution in [1.82, 2.24) is 0 Å². The molecule has 110 valence electrons. The maximum absolute atomic E-state index is 9.56. The van der Waals surface area contributed by atoms with E-state index in [-0.39, 0.29) is 18.0 Å². The molecule has 0 radical (unpaired) electrons. The topological polar surface area (TPSA) is 103 Å². The highest BCUT2D eigenvalue weighted by atomic mass is 16.6. The highest BCUT2D eigenvalue weighted by Gasteiger charge is 2.42. The molecule has 1 heterocycles. The molecule has 4 N–H and O–H groups in total. The number of rotatable bonds is 3. The molecule has 21 heavy (non-hydrogen) atoms. The molecular weight excluding hydrogens is 276 g/mol. The second kappa shape index (κ2) is 4.75. The van der Waals surface area contributed by atoms with Crippen molar-refractivity contribution in [2.24, 2.45) is 0 Å². The number of hydrogen-bond acceptors (Lipinski definition) is 6. The van der Waals surface area contributed by atoms with E-state index in [1.807, 2.05) is 0 Å². The average molecular weight is 290 g/mol. The summed E-state index contributed by atoms with van der Waals surface area (Å²) in [6.45, 7) is 0. The first-order valence-corrected chi connectivity index (χ1v) is 6.28. The molecule has 0 aromatic heterocycles. The summed E-state index contributed by atoms with van der Waals surface area (Å²) in [6.07, 6.45) is -0.598. The Kier molecular flexibility index (Phi) is 3.03. The normalized spacial score (nSPS) is 20.2. The Hall–Kier alpha value is -2.60. The minimum absolute atomic E-state index is 0.0402. The van der Waals surface area contributed by atoms with Gasteiger partial charge in [0.1, 0.15) is 12.2 Å². The van der Waals surface area contributed by atoms with Gasteiger partial charge in [-0.3, -0.25) is 0 Å². The van der Waals surface area contributed by atoms with Gasteiger partial charge in [-0.25, -0.2) is 0 Å². The van der Waals surface area contributed by atoms with Gasteiger partial charge in [0.2, 0.25) is 0 Å². The molecule has 2 unspecified atom stereocenters. The van der Waals surface area contributed by atoms with E-state index in [4.69, 9.17) is 9.47 Å². The van der Waals surface area contributed by atoms with Crippen LogP contribution in [0.15, 0.2) is 30.3 Å². The van der Waals surface area contributed by atoms with Crippen LogP contribution in [0.1, 0.15) is 23.3 Å². The van der Waals surface area contributed by atoms with Crippen LogP contribution in [0.4, 0.5) is 0 Å². The summed E-state index contributed by atoms with van der Waals surface area (Å²) >= 11 is 0. The Morgan fingerprint density at radius 1 is 0.857 bits per heavy atom. The van der Waals surface area contributed by atoms with Gasteiger partial charge in [-0.05, 0) is 35.4 Å². The van der Waals surface area contributed by atoms with Gasteiger partial charge in [0.05, 0.1) is 7.11 Å². The van der Waals surface area contributed by atoms with Crippen LogP contribution >= 0.6 is 0 Å². The first kappa shape index (κ1) is 13.4. The maximum Gasteiger partial charge on any atom is 0.200 e. The second-order valence-corrected chi connectivity index (χ2v) is 4.82. The van der Waals surface area contributed by atoms with Crippen molar-refractivity contribution in [3.63, 3.8) is 0 Å². The van der Waals surface area contributed by atoms with E-state index in [0.717, 1.165) is 5.56 Å². The predicted molar refractivity (Wildman–Crippen MR) is 72.7 cm³/mol. The Bertz CT molecular complexity index is 674. The van der Waals surface area contributed by atoms with Gasteiger partial charge >= 0.3 is 0 Å². The largest absolute Gasteiger partial charge is 0.504 e. The molecule has 0 spiro atoms. The fraction of sp³-hybridized carbons (Fsp3) is 0.200. The van der Waals surface area contributed by atoms with Crippen LogP contribution < -0.4 is 4.74 Å². The van der Waals surface area contributed by atoms with Crippen molar-refractivity contribution in [3.05, 3.63) is 41.5 Å². The lowest BCUT2D eigenvalue weighted by Crippen LogP contribution is -1.88. The lowest BCUT2D eigenvalue weighted by atomic mass is 10.0. The molecule has 2 aromatic carbocycles. The number of phenolic OH excluding ortho intramolecular Hbond substituents is 4. The van der Waals surface area contributed by atoms with Crippen LogP contribution in [-0.4, -0.2) is 27.5 Å². The molecule has 1 fully saturated rings. The zero-order chi connectivity index (χ0) is 15.1. The summed E-state index contributed by atoms with van der Waals surface area (Å²) in [6, 6.07) is 7.58. The second-order valence-electron chi connectivity index (χ2n) is 4.82. The van der Waals surface area contributed by atoms with E-state index < -0.39 is 17.2 Å². The smallest absolute Gasteiger partial charge is 0.200 e. The van der Waals surface area contributed by atoms with Gasteiger partial charge in [0.15, 0.2) is 28.7 Å². The number of hydrogen-bond donors (Lipinski definition) is 4. The zero-order valence-electron chi connectivity index (χ0n) is 11.1. The molecule has 6 nitrogen and oxygen atoms in total. The lowest BCUT2D eigenvalue weighted by Gasteiger charge is -2.05. The highest BCUT2D eigenvalue weighted by molar-refractivity contribution is 5.53. The fourth-order valence-corrected chi connectivity index (χ4v) is 2.28. The van der Waals surface area contributed by atoms with E-state index >= 15 is 0 Å². The number of phenols is 4. The number of ether oxygens (including phenoxy) is 2. The first-order valence-electron chi connectivity index (χ1n) is 6.28. The minimum atomic E-state index is -0.553. The summed E-state index contributed by atoms with van der Waals surface area (Å²) < 4.78 is 10.6. The van der Waals surface area contributed by atoms with E-state index in [0.29, 0.717) is 11.3 Å². The standard InChI is InChI=1S/C15H14O6/c1-20-12-6-7(2-3-9(12)16)14-15(21-14)8-4-10(17)13(19)11(18)5-8/h2-6,14-19H,1H3. The van der Waals surface area contributed by atoms with Crippen LogP contribution in [-0.2, 0) is 4.74 Å². The molecular formula is C15H14O6. The molecule has 0 saturated carbocycles. The van der Waals surface area contributed by atoms with Crippen LogP contribution in [0.3, 0.4) is 0 Å². The van der Waals surface area contributed by atoms with Gasteiger partial charge in [-0.15, -0.1) is 0 Å². The van der Waals surface area contributed by atoms with Gasteiger partial charge in [-0.2, -0.15) is 0 Å². The third kappa shape index (κ3) is 2.30. The van der Waals surface area contributed by atoms with Gasteiger partial charge in [-0.1, -0.05) is 6.07 Å².